The number of hydrogen-bond donors (Lipinski definition) is 1. The smallest absolute Gasteiger partial charge is 0.435 e. The predicted molar refractivity (Wildman–Crippen MR) is 85.5 cm³/mol. The van der Waals surface area contributed by atoms with Gasteiger partial charge in [0.1, 0.15) is 11.8 Å². The third-order valence-corrected chi connectivity index (χ3v) is 4.13. The zero-order valence-electron chi connectivity index (χ0n) is 13.8. The van der Waals surface area contributed by atoms with Crippen molar-refractivity contribution in [3.8, 4) is 5.75 Å². The van der Waals surface area contributed by atoms with Crippen LogP contribution in [0.3, 0.4) is 0 Å². The van der Waals surface area contributed by atoms with Crippen LogP contribution in [0.2, 0.25) is 0 Å². The number of nitrogens with one attached hydrogen (secondary N) is 1. The van der Waals surface area contributed by atoms with Crippen LogP contribution in [0.15, 0.2) is 30.3 Å². The Morgan fingerprint density at radius 3 is 2.68 bits per heavy atom. The number of ether oxygens (including phenoxy) is 1. The maximum absolute atomic E-state index is 13.0. The second-order valence-electron chi connectivity index (χ2n) is 6.07. The number of rotatable bonds is 5. The Morgan fingerprint density at radius 2 is 2.08 bits per heavy atom. The molecule has 1 aromatic carbocycles. The number of carbonyl (C=O) groups is 1. The number of aromatic nitrogens is 2. The highest BCUT2D eigenvalue weighted by atomic mass is 19.4. The Labute approximate surface area is 142 Å². The quantitative estimate of drug-likeness (QED) is 0.884. The van der Waals surface area contributed by atoms with E-state index in [1.165, 1.54) is 18.7 Å². The molecular formula is C17H18F3N3O2. The number of anilines is 1. The van der Waals surface area contributed by atoms with E-state index in [4.69, 9.17) is 4.74 Å². The molecule has 1 N–H and O–H groups in total. The van der Waals surface area contributed by atoms with Crippen LogP contribution >= 0.6 is 0 Å². The highest BCUT2D eigenvalue weighted by molar-refractivity contribution is 5.93. The number of hydrogen-bond acceptors (Lipinski definition) is 3. The van der Waals surface area contributed by atoms with E-state index in [1.807, 2.05) is 0 Å². The van der Waals surface area contributed by atoms with Crippen molar-refractivity contribution in [2.24, 2.45) is 0 Å². The predicted octanol–water partition coefficient (Wildman–Crippen LogP) is 3.99. The summed E-state index contributed by atoms with van der Waals surface area (Å²) < 4.78 is 45.2. The summed E-state index contributed by atoms with van der Waals surface area (Å²) in [5.74, 6) is 0.171. The monoisotopic (exact) mass is 353 g/mol. The molecule has 134 valence electrons. The number of benzene rings is 1. The van der Waals surface area contributed by atoms with Crippen LogP contribution in [0.25, 0.3) is 0 Å². The standard InChI is InChI=1S/C17H18F3N3O2/c1-10(16(24)21-12-4-3-5-13(8-12)25-2)23-14(11-6-7-11)9-15(22-23)17(18,19)20/h3-5,8-11H,6-7H2,1-2H3,(H,21,24). The third-order valence-electron chi connectivity index (χ3n) is 4.13. The van der Waals surface area contributed by atoms with Crippen molar-refractivity contribution >= 4 is 11.6 Å². The van der Waals surface area contributed by atoms with Gasteiger partial charge in [0.25, 0.3) is 0 Å². The van der Waals surface area contributed by atoms with Crippen molar-refractivity contribution in [1.29, 1.82) is 0 Å². The molecule has 1 unspecified atom stereocenters. The minimum Gasteiger partial charge on any atom is -0.497 e. The molecule has 3 rings (SSSR count). The fourth-order valence-corrected chi connectivity index (χ4v) is 2.60. The minimum absolute atomic E-state index is 0.0377. The van der Waals surface area contributed by atoms with Crippen molar-refractivity contribution in [3.63, 3.8) is 0 Å². The molecule has 1 aliphatic carbocycles. The van der Waals surface area contributed by atoms with Crippen LogP contribution in [0.4, 0.5) is 18.9 Å². The average molecular weight is 353 g/mol. The summed E-state index contributed by atoms with van der Waals surface area (Å²) in [5.41, 5.74) is 0.00317. The van der Waals surface area contributed by atoms with E-state index in [0.29, 0.717) is 17.1 Å². The highest BCUT2D eigenvalue weighted by Crippen LogP contribution is 2.43. The maximum atomic E-state index is 13.0. The van der Waals surface area contributed by atoms with Crippen LogP contribution in [0.5, 0.6) is 5.75 Å². The molecule has 1 fully saturated rings. The van der Waals surface area contributed by atoms with Gasteiger partial charge in [-0.25, -0.2) is 0 Å². The number of methoxy groups -OCH3 is 1. The van der Waals surface area contributed by atoms with Crippen LogP contribution in [0.1, 0.15) is 43.1 Å². The molecule has 1 aliphatic rings. The lowest BCUT2D eigenvalue weighted by molar-refractivity contribution is -0.141. The van der Waals surface area contributed by atoms with Gasteiger partial charge >= 0.3 is 6.18 Å². The van der Waals surface area contributed by atoms with Crippen molar-refractivity contribution in [2.75, 3.05) is 12.4 Å². The molecule has 1 aromatic heterocycles. The Bertz CT molecular complexity index is 782. The summed E-state index contributed by atoms with van der Waals surface area (Å²) in [6.07, 6.45) is -2.90. The van der Waals surface area contributed by atoms with Gasteiger partial charge in [-0.05, 0) is 38.0 Å². The Hall–Kier alpha value is -2.51. The molecule has 5 nitrogen and oxygen atoms in total. The minimum atomic E-state index is -4.53. The summed E-state index contributed by atoms with van der Waals surface area (Å²) in [5, 5.41) is 6.33. The Morgan fingerprint density at radius 1 is 1.36 bits per heavy atom. The fraction of sp³-hybridized carbons (Fsp3) is 0.412. The van der Waals surface area contributed by atoms with Crippen molar-refractivity contribution in [1.82, 2.24) is 9.78 Å². The van der Waals surface area contributed by atoms with E-state index in [9.17, 15) is 18.0 Å². The van der Waals surface area contributed by atoms with E-state index in [-0.39, 0.29) is 5.92 Å². The van der Waals surface area contributed by atoms with E-state index in [2.05, 4.69) is 10.4 Å². The first-order valence-corrected chi connectivity index (χ1v) is 7.91. The Balaban J connectivity index is 1.83. The van der Waals surface area contributed by atoms with Gasteiger partial charge in [-0.2, -0.15) is 18.3 Å². The van der Waals surface area contributed by atoms with Crippen molar-refractivity contribution in [2.45, 2.75) is 37.9 Å². The Kier molecular flexibility index (Phi) is 4.45. The van der Waals surface area contributed by atoms with Gasteiger partial charge in [0, 0.05) is 23.4 Å². The molecule has 0 spiro atoms. The summed E-state index contributed by atoms with van der Waals surface area (Å²) in [7, 11) is 1.51. The van der Waals surface area contributed by atoms with Gasteiger partial charge in [-0.1, -0.05) is 6.07 Å². The number of nitrogens with zero attached hydrogens (tertiary/aromatic N) is 2. The number of amides is 1. The molecule has 8 heteroatoms. The third kappa shape index (κ3) is 3.78. The molecule has 1 atom stereocenters. The second kappa shape index (κ2) is 6.42. The number of halogens is 3. The first-order valence-electron chi connectivity index (χ1n) is 7.91. The summed E-state index contributed by atoms with van der Waals surface area (Å²) in [4.78, 5) is 12.5. The summed E-state index contributed by atoms with van der Waals surface area (Å²) in [6, 6.07) is 6.94. The number of carbonyl (C=O) groups excluding carboxylic acids is 1. The summed E-state index contributed by atoms with van der Waals surface area (Å²) >= 11 is 0. The number of alkyl halides is 3. The van der Waals surface area contributed by atoms with E-state index >= 15 is 0 Å². The molecule has 0 bridgehead atoms. The molecule has 1 heterocycles. The van der Waals surface area contributed by atoms with Crippen LogP contribution in [0, 0.1) is 0 Å². The van der Waals surface area contributed by atoms with Gasteiger partial charge in [-0.15, -0.1) is 0 Å². The molecule has 1 amide bonds. The fourth-order valence-electron chi connectivity index (χ4n) is 2.60. The van der Waals surface area contributed by atoms with Gasteiger partial charge in [0.15, 0.2) is 5.69 Å². The van der Waals surface area contributed by atoms with Gasteiger partial charge in [0.05, 0.1) is 7.11 Å². The van der Waals surface area contributed by atoms with Crippen LogP contribution < -0.4 is 10.1 Å². The lowest BCUT2D eigenvalue weighted by atomic mass is 10.2. The van der Waals surface area contributed by atoms with Gasteiger partial charge in [-0.3, -0.25) is 9.48 Å². The molecular weight excluding hydrogens is 335 g/mol. The molecule has 0 saturated heterocycles. The SMILES string of the molecule is COc1cccc(NC(=O)C(C)n2nc(C(F)(F)F)cc2C2CC2)c1. The van der Waals surface area contributed by atoms with Crippen molar-refractivity contribution in [3.05, 3.63) is 41.7 Å². The van der Waals surface area contributed by atoms with Gasteiger partial charge in [0.2, 0.25) is 5.91 Å². The molecule has 0 aliphatic heterocycles. The van der Waals surface area contributed by atoms with E-state index in [1.54, 1.807) is 24.3 Å². The molecule has 25 heavy (non-hydrogen) atoms. The lowest BCUT2D eigenvalue weighted by Gasteiger charge is -2.16. The highest BCUT2D eigenvalue weighted by Gasteiger charge is 2.39. The molecule has 0 radical (unpaired) electrons. The van der Waals surface area contributed by atoms with E-state index in [0.717, 1.165) is 18.9 Å². The maximum Gasteiger partial charge on any atom is 0.435 e. The average Bonchev–Trinajstić information content (AvgIpc) is 3.31. The van der Waals surface area contributed by atoms with Crippen LogP contribution in [-0.2, 0) is 11.0 Å². The van der Waals surface area contributed by atoms with Crippen molar-refractivity contribution < 1.29 is 22.7 Å². The molecule has 1 saturated carbocycles. The zero-order chi connectivity index (χ0) is 18.2. The van der Waals surface area contributed by atoms with Crippen LogP contribution in [-0.4, -0.2) is 22.8 Å². The topological polar surface area (TPSA) is 56.1 Å². The zero-order valence-corrected chi connectivity index (χ0v) is 13.8. The summed E-state index contributed by atoms with van der Waals surface area (Å²) in [6.45, 7) is 1.54. The first-order chi connectivity index (χ1) is 11.8. The molecule has 2 aromatic rings. The largest absolute Gasteiger partial charge is 0.497 e. The second-order valence-corrected chi connectivity index (χ2v) is 6.07. The lowest BCUT2D eigenvalue weighted by Crippen LogP contribution is -2.26. The first kappa shape index (κ1) is 17.3. The van der Waals surface area contributed by atoms with E-state index < -0.39 is 23.8 Å². The van der Waals surface area contributed by atoms with Gasteiger partial charge < -0.3 is 10.1 Å². The normalized spacial score (nSPS) is 15.7.